The third-order valence-electron chi connectivity index (χ3n) is 2.05. The molecule has 1 heterocycles. The quantitative estimate of drug-likeness (QED) is 0.809. The highest BCUT2D eigenvalue weighted by atomic mass is 35.5. The fraction of sp³-hybridized carbons (Fsp3) is 0.0909. The van der Waals surface area contributed by atoms with Crippen molar-refractivity contribution in [2.75, 3.05) is 0 Å². The van der Waals surface area contributed by atoms with Crippen molar-refractivity contribution in [3.63, 3.8) is 0 Å². The third kappa shape index (κ3) is 2.73. The molecule has 0 aliphatic rings. The molecule has 0 aliphatic carbocycles. The van der Waals surface area contributed by atoms with E-state index < -0.39 is 0 Å². The van der Waals surface area contributed by atoms with Crippen molar-refractivity contribution < 1.29 is 0 Å². The summed E-state index contributed by atoms with van der Waals surface area (Å²) in [4.78, 5) is 3.85. The molecule has 2 rings (SSSR count). The minimum atomic E-state index is 0.686. The van der Waals surface area contributed by atoms with E-state index in [9.17, 15) is 0 Å². The molecular weight excluding hydrogens is 249 g/mol. The number of benzene rings is 1. The predicted molar refractivity (Wildman–Crippen MR) is 67.5 cm³/mol. The van der Waals surface area contributed by atoms with E-state index in [-0.39, 0.29) is 0 Å². The van der Waals surface area contributed by atoms with Crippen LogP contribution in [0.2, 0.25) is 5.02 Å². The van der Waals surface area contributed by atoms with Crippen LogP contribution in [0.1, 0.15) is 5.56 Å². The number of nitrogens with one attached hydrogen (secondary N) is 1. The van der Waals surface area contributed by atoms with Gasteiger partial charge in [0.15, 0.2) is 0 Å². The van der Waals surface area contributed by atoms with Crippen molar-refractivity contribution in [1.82, 2.24) is 4.84 Å². The second-order valence-corrected chi connectivity index (χ2v) is 4.75. The summed E-state index contributed by atoms with van der Waals surface area (Å²) in [6.07, 6.45) is 0. The molecule has 78 valence electrons. The molecule has 0 atom stereocenters. The lowest BCUT2D eigenvalue weighted by Crippen LogP contribution is -1.95. The van der Waals surface area contributed by atoms with Gasteiger partial charge in [0.2, 0.25) is 0 Å². The lowest BCUT2D eigenvalue weighted by Gasteiger charge is -1.96. The average molecular weight is 258 g/mol. The summed E-state index contributed by atoms with van der Waals surface area (Å²) in [5.74, 6) is 0. The minimum absolute atomic E-state index is 0.686. The van der Waals surface area contributed by atoms with Gasteiger partial charge in [0.25, 0.3) is 0 Å². The summed E-state index contributed by atoms with van der Waals surface area (Å²) in [6.45, 7) is 0.686. The molecule has 4 heteroatoms. The van der Waals surface area contributed by atoms with E-state index in [2.05, 4.69) is 16.3 Å². The Kier molecular flexibility index (Phi) is 3.65. The molecule has 1 nitrogen and oxygen atoms in total. The first-order valence-electron chi connectivity index (χ1n) is 4.46. The van der Waals surface area contributed by atoms with Gasteiger partial charge in [0.1, 0.15) is 0 Å². The lowest BCUT2D eigenvalue weighted by molar-refractivity contribution is 0.971. The number of hydrogen-bond donors (Lipinski definition) is 1. The topological polar surface area (TPSA) is 12.0 Å². The van der Waals surface area contributed by atoms with Crippen molar-refractivity contribution in [2.45, 2.75) is 6.54 Å². The first kappa shape index (κ1) is 11.0. The van der Waals surface area contributed by atoms with Crippen molar-refractivity contribution in [3.8, 4) is 10.4 Å². The van der Waals surface area contributed by atoms with E-state index >= 15 is 0 Å². The van der Waals surface area contributed by atoms with E-state index in [1.165, 1.54) is 16.0 Å². The van der Waals surface area contributed by atoms with Gasteiger partial charge in [-0.1, -0.05) is 23.7 Å². The maximum Gasteiger partial charge on any atom is 0.0406 e. The summed E-state index contributed by atoms with van der Waals surface area (Å²) in [7, 11) is 0. The second kappa shape index (κ2) is 4.99. The zero-order valence-electron chi connectivity index (χ0n) is 7.84. The molecule has 0 spiro atoms. The maximum absolute atomic E-state index is 5.83. The van der Waals surface area contributed by atoms with Gasteiger partial charge < -0.3 is 0 Å². The van der Waals surface area contributed by atoms with Crippen molar-refractivity contribution in [3.05, 3.63) is 46.3 Å². The summed E-state index contributed by atoms with van der Waals surface area (Å²) >= 11 is 13.0. The first-order chi connectivity index (χ1) is 7.29. The molecule has 0 amide bonds. The Labute approximate surface area is 103 Å². The fourth-order valence-corrected chi connectivity index (χ4v) is 2.51. The van der Waals surface area contributed by atoms with Crippen LogP contribution in [0, 0.1) is 0 Å². The van der Waals surface area contributed by atoms with Crippen LogP contribution in [0.25, 0.3) is 10.4 Å². The standard InChI is InChI=1S/C11H9Cl2NS/c12-10-3-1-9(2-4-10)11-5-8(6-14-13)7-15-11/h1-5,7,14H,6H2. The van der Waals surface area contributed by atoms with Gasteiger partial charge in [-0.05, 0) is 46.5 Å². The van der Waals surface area contributed by atoms with Gasteiger partial charge in [-0.3, -0.25) is 0 Å². The summed E-state index contributed by atoms with van der Waals surface area (Å²) in [6, 6.07) is 9.97. The molecular formula is C11H9Cl2NS. The van der Waals surface area contributed by atoms with Crippen LogP contribution in [0.15, 0.2) is 35.7 Å². The monoisotopic (exact) mass is 257 g/mol. The molecule has 1 N–H and O–H groups in total. The Morgan fingerprint density at radius 2 is 1.93 bits per heavy atom. The van der Waals surface area contributed by atoms with E-state index in [1.807, 2.05) is 24.3 Å². The van der Waals surface area contributed by atoms with Crippen LogP contribution >= 0.6 is 34.7 Å². The Hall–Kier alpha value is -0.540. The van der Waals surface area contributed by atoms with Gasteiger partial charge in [0.05, 0.1) is 0 Å². The lowest BCUT2D eigenvalue weighted by atomic mass is 10.2. The van der Waals surface area contributed by atoms with E-state index in [1.54, 1.807) is 11.3 Å². The van der Waals surface area contributed by atoms with Crippen LogP contribution < -0.4 is 4.84 Å². The van der Waals surface area contributed by atoms with Gasteiger partial charge in [-0.15, -0.1) is 11.3 Å². The first-order valence-corrected chi connectivity index (χ1v) is 6.10. The molecule has 1 aromatic carbocycles. The Morgan fingerprint density at radius 3 is 2.60 bits per heavy atom. The number of halogens is 2. The fourth-order valence-electron chi connectivity index (χ4n) is 1.31. The van der Waals surface area contributed by atoms with Gasteiger partial charge in [-0.25, -0.2) is 4.84 Å². The largest absolute Gasteiger partial charge is 0.229 e. The Bertz CT molecular complexity index is 436. The molecule has 0 bridgehead atoms. The van der Waals surface area contributed by atoms with Crippen molar-refractivity contribution in [1.29, 1.82) is 0 Å². The van der Waals surface area contributed by atoms with E-state index in [0.717, 1.165) is 5.02 Å². The average Bonchev–Trinajstić information content (AvgIpc) is 2.68. The summed E-state index contributed by atoms with van der Waals surface area (Å²) in [5.41, 5.74) is 2.38. The van der Waals surface area contributed by atoms with E-state index in [0.29, 0.717) is 6.54 Å². The summed E-state index contributed by atoms with van der Waals surface area (Å²) < 4.78 is 0. The molecule has 2 aromatic rings. The molecule has 0 aliphatic heterocycles. The van der Waals surface area contributed by atoms with Gasteiger partial charge in [0, 0.05) is 16.4 Å². The van der Waals surface area contributed by atoms with Gasteiger partial charge >= 0.3 is 0 Å². The molecule has 0 saturated carbocycles. The highest BCUT2D eigenvalue weighted by molar-refractivity contribution is 7.13. The molecule has 0 radical (unpaired) electrons. The second-order valence-electron chi connectivity index (χ2n) is 3.14. The highest BCUT2D eigenvalue weighted by Gasteiger charge is 2.02. The molecule has 0 saturated heterocycles. The van der Waals surface area contributed by atoms with E-state index in [4.69, 9.17) is 23.4 Å². The molecule has 15 heavy (non-hydrogen) atoms. The van der Waals surface area contributed by atoms with Crippen LogP contribution in [0.3, 0.4) is 0 Å². The molecule has 0 unspecified atom stereocenters. The zero-order valence-corrected chi connectivity index (χ0v) is 10.2. The SMILES string of the molecule is ClNCc1csc(-c2ccc(Cl)cc2)c1. The smallest absolute Gasteiger partial charge is 0.0406 e. The molecule has 1 aromatic heterocycles. The van der Waals surface area contributed by atoms with Crippen LogP contribution in [0.4, 0.5) is 0 Å². The third-order valence-corrected chi connectivity index (χ3v) is 3.47. The van der Waals surface area contributed by atoms with Crippen LogP contribution in [-0.2, 0) is 6.54 Å². The van der Waals surface area contributed by atoms with Crippen molar-refractivity contribution in [2.24, 2.45) is 0 Å². The van der Waals surface area contributed by atoms with Gasteiger partial charge in [-0.2, -0.15) is 0 Å². The maximum atomic E-state index is 5.83. The van der Waals surface area contributed by atoms with Crippen LogP contribution in [0.5, 0.6) is 0 Å². The van der Waals surface area contributed by atoms with Crippen LogP contribution in [-0.4, -0.2) is 0 Å². The Balaban J connectivity index is 2.25. The summed E-state index contributed by atoms with van der Waals surface area (Å²) in [5, 5.41) is 2.86. The number of hydrogen-bond acceptors (Lipinski definition) is 2. The number of rotatable bonds is 3. The minimum Gasteiger partial charge on any atom is -0.229 e. The normalized spacial score (nSPS) is 10.5. The highest BCUT2D eigenvalue weighted by Crippen LogP contribution is 2.28. The predicted octanol–water partition coefficient (Wildman–Crippen LogP) is 4.31. The number of thiophene rings is 1. The van der Waals surface area contributed by atoms with Crippen molar-refractivity contribution >= 4 is 34.7 Å². The zero-order chi connectivity index (χ0) is 10.7. The Morgan fingerprint density at radius 1 is 1.20 bits per heavy atom. The molecule has 0 fully saturated rings.